The number of thioether (sulfide) groups is 1. The van der Waals surface area contributed by atoms with Crippen molar-refractivity contribution in [1.29, 1.82) is 0 Å². The molecule has 1 aromatic rings. The molecular weight excluding hydrogens is 232 g/mol. The van der Waals surface area contributed by atoms with E-state index in [1.807, 2.05) is 0 Å². The maximum atomic E-state index is 12.0. The van der Waals surface area contributed by atoms with Crippen LogP contribution < -0.4 is 4.65 Å². The Labute approximate surface area is 88.0 Å². The summed E-state index contributed by atoms with van der Waals surface area (Å²) in [6, 6.07) is 5.21. The molecule has 0 radical (unpaired) electrons. The highest BCUT2D eigenvalue weighted by Crippen LogP contribution is 2.41. The van der Waals surface area contributed by atoms with Crippen molar-refractivity contribution in [2.24, 2.45) is 0 Å². The van der Waals surface area contributed by atoms with Gasteiger partial charge >= 0.3 is 12.8 Å². The summed E-state index contributed by atoms with van der Waals surface area (Å²) in [4.78, 5) is -0.224. The number of halogens is 3. The maximum absolute atomic E-state index is 12.0. The Morgan fingerprint density at radius 2 is 1.80 bits per heavy atom. The van der Waals surface area contributed by atoms with Crippen LogP contribution in [0.3, 0.4) is 0 Å². The van der Waals surface area contributed by atoms with Gasteiger partial charge in [0.15, 0.2) is 0 Å². The molecule has 0 spiro atoms. The van der Waals surface area contributed by atoms with Gasteiger partial charge in [0.25, 0.3) is 0 Å². The molecule has 2 N–H and O–H groups in total. The van der Waals surface area contributed by atoms with E-state index >= 15 is 0 Å². The van der Waals surface area contributed by atoms with Crippen LogP contribution in [0.4, 0.5) is 13.2 Å². The molecule has 15 heavy (non-hydrogen) atoms. The molecule has 0 amide bonds. The molecule has 0 heterocycles. The highest BCUT2D eigenvalue weighted by molar-refractivity contribution is 8.00. The van der Waals surface area contributed by atoms with Crippen molar-refractivity contribution < 1.29 is 27.9 Å². The number of benzene rings is 1. The quantitative estimate of drug-likeness (QED) is 0.620. The zero-order valence-electron chi connectivity index (χ0n) is 7.23. The van der Waals surface area contributed by atoms with Crippen LogP contribution in [0.1, 0.15) is 0 Å². The first kappa shape index (κ1) is 12.2. The minimum atomic E-state index is -4.44. The molecule has 0 fully saturated rings. The Kier molecular flexibility index (Phi) is 3.89. The van der Waals surface area contributed by atoms with E-state index in [1.165, 1.54) is 24.3 Å². The minimum absolute atomic E-state index is 0.224. The Balaban J connectivity index is 2.86. The topological polar surface area (TPSA) is 49.7 Å². The lowest BCUT2D eigenvalue weighted by atomic mass is 10.2. The van der Waals surface area contributed by atoms with Crippen LogP contribution in [-0.2, 0) is 0 Å². The summed E-state index contributed by atoms with van der Waals surface area (Å²) in [6.07, 6.45) is 0. The first-order valence-corrected chi connectivity index (χ1v) is 4.58. The second-order valence-electron chi connectivity index (χ2n) is 2.44. The number of rotatable bonds is 3. The van der Waals surface area contributed by atoms with Gasteiger partial charge in [-0.2, -0.15) is 13.2 Å². The highest BCUT2D eigenvalue weighted by atomic mass is 32.2. The first-order chi connectivity index (χ1) is 6.88. The van der Waals surface area contributed by atoms with E-state index < -0.39 is 12.8 Å². The van der Waals surface area contributed by atoms with Gasteiger partial charge in [-0.05, 0) is 23.9 Å². The molecule has 0 aliphatic heterocycles. The van der Waals surface area contributed by atoms with Crippen LogP contribution in [0.5, 0.6) is 5.75 Å². The molecule has 0 aromatic heterocycles. The van der Waals surface area contributed by atoms with Gasteiger partial charge in [0.05, 0.1) is 4.90 Å². The molecule has 0 aliphatic carbocycles. The largest absolute Gasteiger partial charge is 0.707 e. The van der Waals surface area contributed by atoms with E-state index in [9.17, 15) is 13.2 Å². The second-order valence-corrected chi connectivity index (χ2v) is 3.55. The predicted octanol–water partition coefficient (Wildman–Crippen LogP) is 1.65. The van der Waals surface area contributed by atoms with Crippen molar-refractivity contribution in [1.82, 2.24) is 0 Å². The van der Waals surface area contributed by atoms with Crippen molar-refractivity contribution >= 4 is 19.1 Å². The summed E-state index contributed by atoms with van der Waals surface area (Å²) in [7, 11) is -2.14. The van der Waals surface area contributed by atoms with Gasteiger partial charge in [-0.3, -0.25) is 0 Å². The van der Waals surface area contributed by atoms with Gasteiger partial charge in [-0.15, -0.1) is 0 Å². The van der Waals surface area contributed by atoms with Crippen LogP contribution in [-0.4, -0.2) is 22.9 Å². The van der Waals surface area contributed by atoms with E-state index in [0.29, 0.717) is 0 Å². The van der Waals surface area contributed by atoms with Crippen LogP contribution in [0.25, 0.3) is 0 Å². The SMILES string of the molecule is OB(O)Oc1ccccc1SC(F)(F)F. The van der Waals surface area contributed by atoms with E-state index in [2.05, 4.69) is 4.65 Å². The van der Waals surface area contributed by atoms with Gasteiger partial charge in [0, 0.05) is 0 Å². The lowest BCUT2D eigenvalue weighted by Crippen LogP contribution is -2.21. The summed E-state index contributed by atoms with van der Waals surface area (Å²) in [6.45, 7) is 0. The molecule has 0 bridgehead atoms. The summed E-state index contributed by atoms with van der Waals surface area (Å²) in [5, 5.41) is 16.9. The molecule has 82 valence electrons. The average molecular weight is 238 g/mol. The summed E-state index contributed by atoms with van der Waals surface area (Å²) in [5.74, 6) is -0.227. The van der Waals surface area contributed by atoms with Gasteiger partial charge < -0.3 is 14.7 Å². The lowest BCUT2D eigenvalue weighted by Gasteiger charge is -2.11. The molecule has 0 aliphatic rings. The fourth-order valence-electron chi connectivity index (χ4n) is 0.870. The maximum Gasteiger partial charge on any atom is 0.707 e. The number of alkyl halides is 3. The zero-order valence-corrected chi connectivity index (χ0v) is 8.05. The van der Waals surface area contributed by atoms with Crippen LogP contribution in [0.15, 0.2) is 29.2 Å². The Morgan fingerprint density at radius 3 is 2.33 bits per heavy atom. The van der Waals surface area contributed by atoms with Crippen LogP contribution in [0.2, 0.25) is 0 Å². The third-order valence-electron chi connectivity index (χ3n) is 1.31. The Hall–Kier alpha value is -0.855. The summed E-state index contributed by atoms with van der Waals surface area (Å²) >= 11 is -0.378. The van der Waals surface area contributed by atoms with Gasteiger partial charge in [-0.25, -0.2) is 0 Å². The van der Waals surface area contributed by atoms with Crippen LogP contribution in [0, 0.1) is 0 Å². The minimum Gasteiger partial charge on any atom is -0.511 e. The number of hydrogen-bond donors (Lipinski definition) is 2. The molecule has 0 atom stereocenters. The van der Waals surface area contributed by atoms with Gasteiger partial charge in [0.2, 0.25) is 0 Å². The fraction of sp³-hybridized carbons (Fsp3) is 0.143. The molecule has 0 saturated carbocycles. The van der Waals surface area contributed by atoms with E-state index in [4.69, 9.17) is 10.0 Å². The zero-order chi connectivity index (χ0) is 11.5. The third kappa shape index (κ3) is 4.45. The van der Waals surface area contributed by atoms with E-state index in [0.717, 1.165) is 0 Å². The molecular formula is C7H6BF3O3S. The number of hydrogen-bond acceptors (Lipinski definition) is 4. The smallest absolute Gasteiger partial charge is 0.511 e. The Morgan fingerprint density at radius 1 is 1.20 bits per heavy atom. The van der Waals surface area contributed by atoms with Crippen molar-refractivity contribution in [2.75, 3.05) is 0 Å². The normalized spacial score (nSPS) is 11.3. The molecule has 0 saturated heterocycles. The second kappa shape index (κ2) is 4.78. The van der Waals surface area contributed by atoms with E-state index in [1.54, 1.807) is 0 Å². The highest BCUT2D eigenvalue weighted by Gasteiger charge is 2.31. The molecule has 1 aromatic carbocycles. The Bertz CT molecular complexity index is 332. The first-order valence-electron chi connectivity index (χ1n) is 3.76. The van der Waals surface area contributed by atoms with Crippen molar-refractivity contribution in [2.45, 2.75) is 10.4 Å². The fourth-order valence-corrected chi connectivity index (χ4v) is 1.48. The summed E-state index contributed by atoms with van der Waals surface area (Å²) in [5.41, 5.74) is -4.44. The number of para-hydroxylation sites is 1. The van der Waals surface area contributed by atoms with Gasteiger partial charge in [-0.1, -0.05) is 12.1 Å². The van der Waals surface area contributed by atoms with Crippen LogP contribution >= 0.6 is 11.8 Å². The molecule has 3 nitrogen and oxygen atoms in total. The van der Waals surface area contributed by atoms with Crippen molar-refractivity contribution in [3.63, 3.8) is 0 Å². The predicted molar refractivity (Wildman–Crippen MR) is 49.2 cm³/mol. The molecule has 0 unspecified atom stereocenters. The van der Waals surface area contributed by atoms with Gasteiger partial charge in [0.1, 0.15) is 5.75 Å². The van der Waals surface area contributed by atoms with Crippen molar-refractivity contribution in [3.8, 4) is 5.75 Å². The molecule has 1 rings (SSSR count). The van der Waals surface area contributed by atoms with Crippen molar-refractivity contribution in [3.05, 3.63) is 24.3 Å². The third-order valence-corrected chi connectivity index (χ3v) is 2.10. The average Bonchev–Trinajstić information content (AvgIpc) is 2.05. The lowest BCUT2D eigenvalue weighted by molar-refractivity contribution is -0.0328. The monoisotopic (exact) mass is 238 g/mol. The molecule has 8 heteroatoms. The summed E-state index contributed by atoms with van der Waals surface area (Å²) < 4.78 is 40.5. The standard InChI is InChI=1S/C7H6BF3O3S/c9-7(10,11)15-6-4-2-1-3-5(6)14-8(12)13/h1-4,12-13H. The van der Waals surface area contributed by atoms with E-state index in [-0.39, 0.29) is 22.4 Å².